The van der Waals surface area contributed by atoms with Crippen LogP contribution in [-0.2, 0) is 6.42 Å². The summed E-state index contributed by atoms with van der Waals surface area (Å²) in [4.78, 5) is 14.7. The molecule has 0 spiro atoms. The number of hydrogen-bond acceptors (Lipinski definition) is 5. The second kappa shape index (κ2) is 5.65. The first-order valence-corrected chi connectivity index (χ1v) is 7.07. The molecule has 0 atom stereocenters. The summed E-state index contributed by atoms with van der Waals surface area (Å²) in [5.41, 5.74) is 1.71. The molecule has 1 heterocycles. The molecule has 0 aliphatic heterocycles. The SMILES string of the molecule is Cc1ccc([N+](=O)[O-])cc1-c1cnc(CCNC2CC2)o1. The van der Waals surface area contributed by atoms with Gasteiger partial charge in [-0.2, -0.15) is 0 Å². The number of nitrogens with zero attached hydrogens (tertiary/aromatic N) is 2. The van der Waals surface area contributed by atoms with Crippen LogP contribution in [0.5, 0.6) is 0 Å². The van der Waals surface area contributed by atoms with Crippen molar-refractivity contribution in [1.82, 2.24) is 10.3 Å². The van der Waals surface area contributed by atoms with Crippen LogP contribution >= 0.6 is 0 Å². The number of benzene rings is 1. The Morgan fingerprint density at radius 1 is 1.48 bits per heavy atom. The molecule has 110 valence electrons. The maximum atomic E-state index is 10.9. The topological polar surface area (TPSA) is 81.2 Å². The van der Waals surface area contributed by atoms with Gasteiger partial charge in [0.25, 0.3) is 5.69 Å². The standard InChI is InChI=1S/C15H17N3O3/c1-10-2-5-12(18(19)20)8-13(10)14-9-17-15(21-14)6-7-16-11-3-4-11/h2,5,8-9,11,16H,3-4,6-7H2,1H3. The number of non-ortho nitro benzene ring substituents is 1. The Labute approximate surface area is 122 Å². The van der Waals surface area contributed by atoms with E-state index < -0.39 is 4.92 Å². The first-order valence-electron chi connectivity index (χ1n) is 7.07. The molecular weight excluding hydrogens is 270 g/mol. The van der Waals surface area contributed by atoms with E-state index in [9.17, 15) is 10.1 Å². The Balaban J connectivity index is 1.75. The van der Waals surface area contributed by atoms with Gasteiger partial charge >= 0.3 is 0 Å². The maximum absolute atomic E-state index is 10.9. The van der Waals surface area contributed by atoms with Crippen molar-refractivity contribution < 1.29 is 9.34 Å². The lowest BCUT2D eigenvalue weighted by atomic mass is 10.1. The molecule has 6 heteroatoms. The zero-order valence-corrected chi connectivity index (χ0v) is 11.8. The largest absolute Gasteiger partial charge is 0.441 e. The van der Waals surface area contributed by atoms with Gasteiger partial charge in [-0.1, -0.05) is 6.07 Å². The third-order valence-corrected chi connectivity index (χ3v) is 3.60. The summed E-state index contributed by atoms with van der Waals surface area (Å²) in [6, 6.07) is 5.42. The molecule has 6 nitrogen and oxygen atoms in total. The molecule has 0 amide bonds. The third kappa shape index (κ3) is 3.28. The van der Waals surface area contributed by atoms with Gasteiger partial charge in [0, 0.05) is 36.7 Å². The number of nitro benzene ring substituents is 1. The van der Waals surface area contributed by atoms with Gasteiger partial charge in [0.05, 0.1) is 11.1 Å². The molecule has 2 aromatic rings. The lowest BCUT2D eigenvalue weighted by Gasteiger charge is -2.02. The lowest BCUT2D eigenvalue weighted by Crippen LogP contribution is -2.19. The third-order valence-electron chi connectivity index (χ3n) is 3.60. The molecule has 1 aromatic heterocycles. The Morgan fingerprint density at radius 2 is 2.29 bits per heavy atom. The van der Waals surface area contributed by atoms with Crippen LogP contribution in [0.2, 0.25) is 0 Å². The molecule has 1 aliphatic carbocycles. The molecule has 0 unspecified atom stereocenters. The van der Waals surface area contributed by atoms with E-state index in [0.29, 0.717) is 17.7 Å². The van der Waals surface area contributed by atoms with Gasteiger partial charge in [-0.3, -0.25) is 10.1 Å². The van der Waals surface area contributed by atoms with Crippen LogP contribution in [-0.4, -0.2) is 22.5 Å². The van der Waals surface area contributed by atoms with Gasteiger partial charge in [0.15, 0.2) is 11.7 Å². The summed E-state index contributed by atoms with van der Waals surface area (Å²) in [7, 11) is 0. The van der Waals surface area contributed by atoms with E-state index in [1.54, 1.807) is 12.3 Å². The molecule has 1 aliphatic rings. The molecule has 1 N–H and O–H groups in total. The Kier molecular flexibility index (Phi) is 3.70. The first-order chi connectivity index (χ1) is 10.1. The average molecular weight is 287 g/mol. The highest BCUT2D eigenvalue weighted by atomic mass is 16.6. The molecule has 0 saturated heterocycles. The number of nitrogens with one attached hydrogen (secondary N) is 1. The van der Waals surface area contributed by atoms with Crippen LogP contribution in [0.3, 0.4) is 0 Å². The van der Waals surface area contributed by atoms with E-state index in [4.69, 9.17) is 4.42 Å². The second-order valence-corrected chi connectivity index (χ2v) is 5.35. The summed E-state index contributed by atoms with van der Waals surface area (Å²) < 4.78 is 5.71. The Morgan fingerprint density at radius 3 is 3.00 bits per heavy atom. The lowest BCUT2D eigenvalue weighted by molar-refractivity contribution is -0.384. The fourth-order valence-corrected chi connectivity index (χ4v) is 2.21. The normalized spacial score (nSPS) is 14.3. The van der Waals surface area contributed by atoms with Crippen LogP contribution in [0.15, 0.2) is 28.8 Å². The average Bonchev–Trinajstić information content (AvgIpc) is 3.16. The van der Waals surface area contributed by atoms with E-state index in [1.807, 2.05) is 6.92 Å². The summed E-state index contributed by atoms with van der Waals surface area (Å²) >= 11 is 0. The summed E-state index contributed by atoms with van der Waals surface area (Å²) in [5, 5.41) is 14.3. The fraction of sp³-hybridized carbons (Fsp3) is 0.400. The van der Waals surface area contributed by atoms with Gasteiger partial charge in [-0.15, -0.1) is 0 Å². The van der Waals surface area contributed by atoms with Crippen LogP contribution in [0, 0.1) is 17.0 Å². The molecule has 21 heavy (non-hydrogen) atoms. The second-order valence-electron chi connectivity index (χ2n) is 5.35. The molecule has 1 fully saturated rings. The van der Waals surface area contributed by atoms with Gasteiger partial charge in [-0.25, -0.2) is 4.98 Å². The quantitative estimate of drug-likeness (QED) is 0.652. The van der Waals surface area contributed by atoms with Crippen LogP contribution in [0.1, 0.15) is 24.3 Å². The van der Waals surface area contributed by atoms with E-state index in [-0.39, 0.29) is 5.69 Å². The number of aromatic nitrogens is 1. The van der Waals surface area contributed by atoms with Crippen molar-refractivity contribution in [2.24, 2.45) is 0 Å². The summed E-state index contributed by atoms with van der Waals surface area (Å²) in [6.45, 7) is 2.74. The van der Waals surface area contributed by atoms with E-state index >= 15 is 0 Å². The minimum atomic E-state index is -0.403. The Bertz CT molecular complexity index is 662. The summed E-state index contributed by atoms with van der Waals surface area (Å²) in [6.07, 6.45) is 4.87. The van der Waals surface area contributed by atoms with Crippen molar-refractivity contribution in [2.75, 3.05) is 6.54 Å². The monoisotopic (exact) mass is 287 g/mol. The van der Waals surface area contributed by atoms with Crippen molar-refractivity contribution in [3.63, 3.8) is 0 Å². The molecule has 1 saturated carbocycles. The predicted molar refractivity (Wildman–Crippen MR) is 78.1 cm³/mol. The van der Waals surface area contributed by atoms with Crippen molar-refractivity contribution in [3.8, 4) is 11.3 Å². The van der Waals surface area contributed by atoms with Gasteiger partial charge in [0.2, 0.25) is 0 Å². The minimum absolute atomic E-state index is 0.0592. The van der Waals surface area contributed by atoms with Crippen molar-refractivity contribution >= 4 is 5.69 Å². The zero-order chi connectivity index (χ0) is 14.8. The smallest absolute Gasteiger partial charge is 0.270 e. The zero-order valence-electron chi connectivity index (χ0n) is 11.8. The maximum Gasteiger partial charge on any atom is 0.270 e. The fourth-order valence-electron chi connectivity index (χ4n) is 2.21. The van der Waals surface area contributed by atoms with Crippen LogP contribution in [0.25, 0.3) is 11.3 Å². The van der Waals surface area contributed by atoms with E-state index in [2.05, 4.69) is 10.3 Å². The van der Waals surface area contributed by atoms with Crippen LogP contribution < -0.4 is 5.32 Å². The molecule has 3 rings (SSSR count). The highest BCUT2D eigenvalue weighted by molar-refractivity contribution is 5.64. The number of rotatable bonds is 6. The van der Waals surface area contributed by atoms with E-state index in [0.717, 1.165) is 24.1 Å². The number of oxazole rings is 1. The minimum Gasteiger partial charge on any atom is -0.441 e. The van der Waals surface area contributed by atoms with E-state index in [1.165, 1.54) is 25.0 Å². The van der Waals surface area contributed by atoms with Crippen molar-refractivity contribution in [1.29, 1.82) is 0 Å². The molecular formula is C15H17N3O3. The van der Waals surface area contributed by atoms with Crippen molar-refractivity contribution in [3.05, 3.63) is 46.0 Å². The predicted octanol–water partition coefficient (Wildman–Crippen LogP) is 2.85. The molecule has 0 radical (unpaired) electrons. The number of aryl methyl sites for hydroxylation is 1. The van der Waals surface area contributed by atoms with Crippen LogP contribution in [0.4, 0.5) is 5.69 Å². The highest BCUT2D eigenvalue weighted by Gasteiger charge is 2.20. The summed E-state index contributed by atoms with van der Waals surface area (Å²) in [5.74, 6) is 1.24. The highest BCUT2D eigenvalue weighted by Crippen LogP contribution is 2.28. The molecule has 1 aromatic carbocycles. The first kappa shape index (κ1) is 13.8. The van der Waals surface area contributed by atoms with Gasteiger partial charge in [-0.05, 0) is 25.3 Å². The Hall–Kier alpha value is -2.21. The van der Waals surface area contributed by atoms with Crippen molar-refractivity contribution in [2.45, 2.75) is 32.2 Å². The number of nitro groups is 1. The van der Waals surface area contributed by atoms with Gasteiger partial charge < -0.3 is 9.73 Å². The number of hydrogen-bond donors (Lipinski definition) is 1. The van der Waals surface area contributed by atoms with Gasteiger partial charge in [0.1, 0.15) is 0 Å². The molecule has 0 bridgehead atoms.